The van der Waals surface area contributed by atoms with Crippen LogP contribution in [0.1, 0.15) is 42.9 Å². The zero-order chi connectivity index (χ0) is 19.1. The van der Waals surface area contributed by atoms with Gasteiger partial charge in [0, 0.05) is 12.2 Å². The molecule has 0 saturated carbocycles. The van der Waals surface area contributed by atoms with E-state index in [-0.39, 0.29) is 6.04 Å². The van der Waals surface area contributed by atoms with Gasteiger partial charge in [-0.05, 0) is 67.4 Å². The molecule has 2 aromatic rings. The molecule has 1 aliphatic rings. The van der Waals surface area contributed by atoms with Gasteiger partial charge in [-0.15, -0.1) is 0 Å². The lowest BCUT2D eigenvalue weighted by molar-refractivity contribution is -0.136. The van der Waals surface area contributed by atoms with E-state index in [4.69, 9.17) is 0 Å². The fraction of sp³-hybridized carbons (Fsp3) is 0.429. The molecule has 1 unspecified atom stereocenters. The average Bonchev–Trinajstić information content (AvgIpc) is 3.06. The molecule has 1 aromatic carbocycles. The van der Waals surface area contributed by atoms with Gasteiger partial charge in [0.1, 0.15) is 0 Å². The number of carbonyl (C=O) groups is 2. The first-order valence-corrected chi connectivity index (χ1v) is 10.5. The van der Waals surface area contributed by atoms with Gasteiger partial charge in [-0.1, -0.05) is 30.5 Å². The minimum atomic E-state index is -0.626. The number of rotatable bonds is 5. The number of benzene rings is 1. The summed E-state index contributed by atoms with van der Waals surface area (Å²) in [5.41, 5.74) is 2.94. The van der Waals surface area contributed by atoms with Crippen molar-refractivity contribution in [1.82, 2.24) is 10.2 Å². The monoisotopic (exact) mass is 385 g/mol. The number of nitrogens with zero attached hydrogens (tertiary/aromatic N) is 1. The number of hydrogen-bond acceptors (Lipinski definition) is 4. The van der Waals surface area contributed by atoms with E-state index in [1.165, 1.54) is 31.2 Å². The van der Waals surface area contributed by atoms with Crippen LogP contribution in [0.3, 0.4) is 0 Å². The summed E-state index contributed by atoms with van der Waals surface area (Å²) < 4.78 is 0. The molecule has 3 rings (SSSR count). The molecule has 27 heavy (non-hydrogen) atoms. The SMILES string of the molecule is Cc1ccc(NC(=O)C(=O)NCC(c2ccsc2)N2CCCCCC2)cc1. The number of anilines is 1. The zero-order valence-electron chi connectivity index (χ0n) is 15.7. The van der Waals surface area contributed by atoms with Crippen LogP contribution in [0.15, 0.2) is 41.1 Å². The second-order valence-corrected chi connectivity index (χ2v) is 7.83. The standard InChI is InChI=1S/C21H27N3O2S/c1-16-6-8-18(9-7-16)23-21(26)20(25)22-14-19(17-10-13-27-15-17)24-11-4-2-3-5-12-24/h6-10,13,15,19H,2-5,11-12,14H2,1H3,(H,22,25)(H,23,26). The normalized spacial score (nSPS) is 16.3. The first-order chi connectivity index (χ1) is 13.1. The van der Waals surface area contributed by atoms with Gasteiger partial charge < -0.3 is 10.6 Å². The van der Waals surface area contributed by atoms with Gasteiger partial charge in [0.05, 0.1) is 6.04 Å². The van der Waals surface area contributed by atoms with Crippen molar-refractivity contribution in [2.75, 3.05) is 25.0 Å². The molecule has 144 valence electrons. The highest BCUT2D eigenvalue weighted by Gasteiger charge is 2.24. The van der Waals surface area contributed by atoms with E-state index in [0.717, 1.165) is 18.7 Å². The van der Waals surface area contributed by atoms with Crippen LogP contribution in [0, 0.1) is 6.92 Å². The Labute approximate surface area is 164 Å². The largest absolute Gasteiger partial charge is 0.346 e. The van der Waals surface area contributed by atoms with E-state index in [0.29, 0.717) is 12.2 Å². The first-order valence-electron chi connectivity index (χ1n) is 9.55. The second-order valence-electron chi connectivity index (χ2n) is 7.05. The van der Waals surface area contributed by atoms with Crippen LogP contribution in [0.5, 0.6) is 0 Å². The minimum absolute atomic E-state index is 0.116. The quantitative estimate of drug-likeness (QED) is 0.771. The number of aryl methyl sites for hydroxylation is 1. The topological polar surface area (TPSA) is 61.4 Å². The molecule has 0 radical (unpaired) electrons. The predicted octanol–water partition coefficient (Wildman–Crippen LogP) is 3.73. The highest BCUT2D eigenvalue weighted by molar-refractivity contribution is 7.08. The van der Waals surface area contributed by atoms with Crippen molar-refractivity contribution in [2.45, 2.75) is 38.6 Å². The molecule has 1 aliphatic heterocycles. The zero-order valence-corrected chi connectivity index (χ0v) is 16.6. The molecule has 0 bridgehead atoms. The van der Waals surface area contributed by atoms with Crippen LogP contribution in [-0.2, 0) is 9.59 Å². The van der Waals surface area contributed by atoms with Crippen LogP contribution >= 0.6 is 11.3 Å². The maximum atomic E-state index is 12.3. The Bertz CT molecular complexity index is 735. The van der Waals surface area contributed by atoms with Crippen LogP contribution in [0.4, 0.5) is 5.69 Å². The number of amides is 2. The van der Waals surface area contributed by atoms with E-state index in [1.807, 2.05) is 19.1 Å². The summed E-state index contributed by atoms with van der Waals surface area (Å²) in [6, 6.07) is 9.63. The molecule has 5 nitrogen and oxygen atoms in total. The van der Waals surface area contributed by atoms with Crippen LogP contribution in [0.2, 0.25) is 0 Å². The van der Waals surface area contributed by atoms with Crippen molar-refractivity contribution >= 4 is 28.8 Å². The summed E-state index contributed by atoms with van der Waals surface area (Å²) in [7, 11) is 0. The lowest BCUT2D eigenvalue weighted by Gasteiger charge is -2.30. The smallest absolute Gasteiger partial charge is 0.313 e. The maximum Gasteiger partial charge on any atom is 0.313 e. The van der Waals surface area contributed by atoms with E-state index in [9.17, 15) is 9.59 Å². The molecular formula is C21H27N3O2S. The third-order valence-electron chi connectivity index (χ3n) is 4.98. The Morgan fingerprint density at radius 3 is 2.37 bits per heavy atom. The van der Waals surface area contributed by atoms with Crippen molar-refractivity contribution in [1.29, 1.82) is 0 Å². The van der Waals surface area contributed by atoms with Crippen molar-refractivity contribution < 1.29 is 9.59 Å². The molecule has 1 fully saturated rings. The summed E-state index contributed by atoms with van der Waals surface area (Å²) in [5, 5.41) is 9.68. The van der Waals surface area contributed by atoms with E-state index < -0.39 is 11.8 Å². The van der Waals surface area contributed by atoms with Crippen LogP contribution < -0.4 is 10.6 Å². The van der Waals surface area contributed by atoms with Gasteiger partial charge in [-0.3, -0.25) is 14.5 Å². The molecule has 1 aromatic heterocycles. The third-order valence-corrected chi connectivity index (χ3v) is 5.68. The maximum absolute atomic E-state index is 12.3. The molecule has 1 atom stereocenters. The summed E-state index contributed by atoms with van der Waals surface area (Å²) >= 11 is 1.66. The summed E-state index contributed by atoms with van der Waals surface area (Å²) in [6.07, 6.45) is 4.89. The van der Waals surface area contributed by atoms with Crippen molar-refractivity contribution in [3.63, 3.8) is 0 Å². The lowest BCUT2D eigenvalue weighted by Crippen LogP contribution is -2.42. The van der Waals surface area contributed by atoms with Crippen LogP contribution in [-0.4, -0.2) is 36.3 Å². The molecule has 1 saturated heterocycles. The Balaban J connectivity index is 1.59. The van der Waals surface area contributed by atoms with Crippen molar-refractivity contribution in [3.05, 3.63) is 52.2 Å². The Morgan fingerprint density at radius 2 is 1.74 bits per heavy atom. The molecule has 2 amide bonds. The van der Waals surface area contributed by atoms with Gasteiger partial charge in [-0.25, -0.2) is 0 Å². The molecule has 0 spiro atoms. The number of nitrogens with one attached hydrogen (secondary N) is 2. The number of hydrogen-bond donors (Lipinski definition) is 2. The number of carbonyl (C=O) groups excluding carboxylic acids is 2. The Hall–Kier alpha value is -2.18. The van der Waals surface area contributed by atoms with E-state index >= 15 is 0 Å². The van der Waals surface area contributed by atoms with Gasteiger partial charge in [-0.2, -0.15) is 11.3 Å². The minimum Gasteiger partial charge on any atom is -0.346 e. The van der Waals surface area contributed by atoms with E-state index in [1.54, 1.807) is 23.5 Å². The van der Waals surface area contributed by atoms with Gasteiger partial charge in [0.25, 0.3) is 0 Å². The number of thiophene rings is 1. The Kier molecular flexibility index (Phi) is 7.01. The number of likely N-dealkylation sites (tertiary alicyclic amines) is 1. The summed E-state index contributed by atoms with van der Waals surface area (Å²) in [6.45, 7) is 4.49. The van der Waals surface area contributed by atoms with Crippen LogP contribution in [0.25, 0.3) is 0 Å². The summed E-state index contributed by atoms with van der Waals surface area (Å²) in [5.74, 6) is -1.22. The fourth-order valence-electron chi connectivity index (χ4n) is 3.42. The predicted molar refractivity (Wildman–Crippen MR) is 110 cm³/mol. The summed E-state index contributed by atoms with van der Waals surface area (Å²) in [4.78, 5) is 26.9. The van der Waals surface area contributed by atoms with Gasteiger partial charge in [0.2, 0.25) is 0 Å². The fourth-order valence-corrected chi connectivity index (χ4v) is 4.13. The molecule has 2 N–H and O–H groups in total. The highest BCUT2D eigenvalue weighted by atomic mass is 32.1. The molecule has 2 heterocycles. The molecule has 0 aliphatic carbocycles. The second kappa shape index (κ2) is 9.67. The highest BCUT2D eigenvalue weighted by Crippen LogP contribution is 2.25. The van der Waals surface area contributed by atoms with Gasteiger partial charge >= 0.3 is 11.8 Å². The molecule has 6 heteroatoms. The first kappa shape index (κ1) is 19.6. The Morgan fingerprint density at radius 1 is 1.04 bits per heavy atom. The van der Waals surface area contributed by atoms with Crippen molar-refractivity contribution in [2.24, 2.45) is 0 Å². The molecular weight excluding hydrogens is 358 g/mol. The van der Waals surface area contributed by atoms with Gasteiger partial charge in [0.15, 0.2) is 0 Å². The third kappa shape index (κ3) is 5.65. The average molecular weight is 386 g/mol. The van der Waals surface area contributed by atoms with E-state index in [2.05, 4.69) is 32.4 Å². The lowest BCUT2D eigenvalue weighted by atomic mass is 10.1. The van der Waals surface area contributed by atoms with Crippen molar-refractivity contribution in [3.8, 4) is 0 Å².